The van der Waals surface area contributed by atoms with Crippen LogP contribution in [0.5, 0.6) is 0 Å². The third kappa shape index (κ3) is 9.95. The van der Waals surface area contributed by atoms with E-state index in [0.29, 0.717) is 0 Å². The topological polar surface area (TPSA) is 132 Å². The molecule has 0 bridgehead atoms. The molecule has 0 atom stereocenters. The molecule has 0 radical (unpaired) electrons. The molecule has 0 unspecified atom stereocenters. The Hall–Kier alpha value is -0.640. The maximum absolute atomic E-state index is 11.5. The highest BCUT2D eigenvalue weighted by atomic mass is 32.3. The molecule has 23 heavy (non-hydrogen) atoms. The number of rotatable bonds is 3. The van der Waals surface area contributed by atoms with Gasteiger partial charge >= 0.3 is 31.1 Å². The van der Waals surface area contributed by atoms with E-state index in [1.165, 1.54) is 0 Å². The number of hydrogen-bond acceptors (Lipinski definition) is 6. The van der Waals surface area contributed by atoms with E-state index in [0.717, 1.165) is 6.42 Å². The van der Waals surface area contributed by atoms with Gasteiger partial charge in [-0.2, -0.15) is 26.3 Å². The van der Waals surface area contributed by atoms with Gasteiger partial charge in [0, 0.05) is 0 Å². The molecule has 0 aliphatic carbocycles. The standard InChI is InChI=1S/C6H16N2.C2HF6NO4S2/c1-6(2,3)4-5(7)8;3-1(4,5)14(10,11)9-15(12,13)2(6,7)8/h5H,4,7-8H2,1-3H3;9H. The highest BCUT2D eigenvalue weighted by Crippen LogP contribution is 2.27. The molecular formula is C8H17F6N3O4S2. The average molecular weight is 397 g/mol. The van der Waals surface area contributed by atoms with Crippen molar-refractivity contribution < 1.29 is 43.2 Å². The van der Waals surface area contributed by atoms with Crippen molar-refractivity contribution in [3.05, 3.63) is 0 Å². The Labute approximate surface area is 129 Å². The van der Waals surface area contributed by atoms with E-state index in [-0.39, 0.29) is 11.6 Å². The Bertz CT molecular complexity index is 532. The Morgan fingerprint density at radius 3 is 1.17 bits per heavy atom. The minimum absolute atomic E-state index is 0.157. The Morgan fingerprint density at radius 2 is 1.09 bits per heavy atom. The minimum Gasteiger partial charge on any atom is -0.316 e. The van der Waals surface area contributed by atoms with Gasteiger partial charge in [-0.15, -0.1) is 0 Å². The molecule has 5 N–H and O–H groups in total. The zero-order valence-corrected chi connectivity index (χ0v) is 13.8. The molecule has 0 aliphatic rings. The molecular weight excluding hydrogens is 380 g/mol. The van der Waals surface area contributed by atoms with Gasteiger partial charge in [0.1, 0.15) is 0 Å². The number of alkyl halides is 6. The lowest BCUT2D eigenvalue weighted by Crippen LogP contribution is -2.45. The summed E-state index contributed by atoms with van der Waals surface area (Å²) in [6.45, 7) is 6.37. The summed E-state index contributed by atoms with van der Waals surface area (Å²) in [5.74, 6) is 0. The van der Waals surface area contributed by atoms with Gasteiger partial charge in [-0.1, -0.05) is 24.9 Å². The normalized spacial score (nSPS) is 14.4. The molecule has 0 aromatic heterocycles. The molecule has 0 heterocycles. The lowest BCUT2D eigenvalue weighted by Gasteiger charge is -2.19. The van der Waals surface area contributed by atoms with E-state index in [1.807, 2.05) is 0 Å². The smallest absolute Gasteiger partial charge is 0.316 e. The lowest BCUT2D eigenvalue weighted by atomic mass is 9.91. The van der Waals surface area contributed by atoms with Crippen LogP contribution in [0, 0.1) is 5.41 Å². The van der Waals surface area contributed by atoms with Crippen LogP contribution in [0.25, 0.3) is 0 Å². The van der Waals surface area contributed by atoms with Crippen LogP contribution in [0.2, 0.25) is 0 Å². The summed E-state index contributed by atoms with van der Waals surface area (Å²) < 4.78 is 108. The Morgan fingerprint density at radius 1 is 0.826 bits per heavy atom. The minimum atomic E-state index is -6.60. The molecule has 0 saturated heterocycles. The van der Waals surface area contributed by atoms with Gasteiger partial charge in [-0.05, 0) is 11.8 Å². The molecule has 15 heteroatoms. The Kier molecular flexibility index (Phi) is 8.02. The highest BCUT2D eigenvalue weighted by Gasteiger charge is 2.55. The van der Waals surface area contributed by atoms with Crippen LogP contribution in [-0.4, -0.2) is 34.0 Å². The predicted octanol–water partition coefficient (Wildman–Crippen LogP) is 0.941. The van der Waals surface area contributed by atoms with Crippen molar-refractivity contribution in [2.45, 2.75) is 44.4 Å². The Balaban J connectivity index is 0. The number of halogens is 6. The molecule has 0 saturated carbocycles. The van der Waals surface area contributed by atoms with E-state index in [2.05, 4.69) is 20.8 Å². The van der Waals surface area contributed by atoms with E-state index in [1.54, 1.807) is 0 Å². The van der Waals surface area contributed by atoms with Gasteiger partial charge in [-0.3, -0.25) is 0 Å². The van der Waals surface area contributed by atoms with Crippen LogP contribution >= 0.6 is 0 Å². The van der Waals surface area contributed by atoms with Gasteiger partial charge in [0.15, 0.2) is 0 Å². The predicted molar refractivity (Wildman–Crippen MR) is 69.3 cm³/mol. The summed E-state index contributed by atoms with van der Waals surface area (Å²) in [5.41, 5.74) is -1.31. The third-order valence-corrected chi connectivity index (χ3v) is 4.65. The van der Waals surface area contributed by atoms with Gasteiger partial charge in [0.05, 0.1) is 6.17 Å². The highest BCUT2D eigenvalue weighted by molar-refractivity contribution is 8.05. The van der Waals surface area contributed by atoms with E-state index < -0.39 is 35.2 Å². The monoisotopic (exact) mass is 397 g/mol. The lowest BCUT2D eigenvalue weighted by molar-refractivity contribution is -0.0476. The van der Waals surface area contributed by atoms with Crippen LogP contribution < -0.4 is 15.6 Å². The fourth-order valence-corrected chi connectivity index (χ4v) is 2.86. The van der Waals surface area contributed by atoms with E-state index in [4.69, 9.17) is 11.5 Å². The quantitative estimate of drug-likeness (QED) is 0.480. The second-order valence-corrected chi connectivity index (χ2v) is 9.02. The maximum Gasteiger partial charge on any atom is 0.512 e. The fourth-order valence-electron chi connectivity index (χ4n) is 0.946. The van der Waals surface area contributed by atoms with Crippen molar-refractivity contribution in [3.8, 4) is 0 Å². The van der Waals surface area contributed by atoms with Gasteiger partial charge in [0.2, 0.25) is 0 Å². The van der Waals surface area contributed by atoms with Crippen molar-refractivity contribution in [1.82, 2.24) is 4.13 Å². The molecule has 0 aliphatic heterocycles. The summed E-state index contributed by atoms with van der Waals surface area (Å²) in [5, 5.41) is 0. The summed E-state index contributed by atoms with van der Waals surface area (Å²) >= 11 is 0. The van der Waals surface area contributed by atoms with E-state index in [9.17, 15) is 43.2 Å². The first-order chi connectivity index (χ1) is 9.62. The summed E-state index contributed by atoms with van der Waals surface area (Å²) in [7, 11) is -13.2. The van der Waals surface area contributed by atoms with Crippen molar-refractivity contribution in [2.75, 3.05) is 0 Å². The summed E-state index contributed by atoms with van der Waals surface area (Å²) in [6.07, 6.45) is 0.725. The van der Waals surface area contributed by atoms with Crippen LogP contribution in [0.4, 0.5) is 26.3 Å². The van der Waals surface area contributed by atoms with Crippen LogP contribution in [0.15, 0.2) is 0 Å². The molecule has 0 spiro atoms. The zero-order valence-electron chi connectivity index (χ0n) is 12.2. The van der Waals surface area contributed by atoms with Gasteiger partial charge in [-0.25, -0.2) is 16.8 Å². The van der Waals surface area contributed by atoms with E-state index >= 15 is 0 Å². The molecule has 0 aromatic rings. The van der Waals surface area contributed by atoms with Gasteiger partial charge in [0.25, 0.3) is 0 Å². The third-order valence-electron chi connectivity index (χ3n) is 1.68. The largest absolute Gasteiger partial charge is 0.512 e. The first-order valence-corrected chi connectivity index (χ1v) is 8.51. The summed E-state index contributed by atoms with van der Waals surface area (Å²) in [6, 6.07) is 0. The van der Waals surface area contributed by atoms with Crippen LogP contribution in [-0.2, 0) is 20.0 Å². The molecule has 0 aromatic carbocycles. The molecule has 0 amide bonds. The number of hydrogen-bond donors (Lipinski definition) is 3. The molecule has 7 nitrogen and oxygen atoms in total. The van der Waals surface area contributed by atoms with Crippen molar-refractivity contribution in [2.24, 2.45) is 16.9 Å². The van der Waals surface area contributed by atoms with Gasteiger partial charge < -0.3 is 11.5 Å². The summed E-state index contributed by atoms with van der Waals surface area (Å²) in [4.78, 5) is 0. The second-order valence-electron chi connectivity index (χ2n) is 5.41. The van der Waals surface area contributed by atoms with Crippen LogP contribution in [0.3, 0.4) is 0 Å². The molecule has 0 rings (SSSR count). The van der Waals surface area contributed by atoms with Crippen molar-refractivity contribution >= 4 is 20.0 Å². The first kappa shape index (κ1) is 24.6. The zero-order chi connectivity index (χ0) is 19.5. The number of nitrogens with two attached hydrogens (primary N) is 2. The molecule has 0 fully saturated rings. The first-order valence-electron chi connectivity index (χ1n) is 5.55. The average Bonchev–Trinajstić information content (AvgIpc) is 2.07. The molecule has 142 valence electrons. The fraction of sp³-hybridized carbons (Fsp3) is 1.00. The van der Waals surface area contributed by atoms with Crippen molar-refractivity contribution in [1.29, 1.82) is 0 Å². The SMILES string of the molecule is CC(C)(C)CC(N)N.O=S(=O)(NS(=O)(=O)C(F)(F)F)C(F)(F)F. The van der Waals surface area contributed by atoms with Crippen molar-refractivity contribution in [3.63, 3.8) is 0 Å². The number of nitrogens with one attached hydrogen (secondary N) is 1. The second kappa shape index (κ2) is 7.50. The number of sulfonamides is 2. The van der Waals surface area contributed by atoms with Crippen LogP contribution in [0.1, 0.15) is 27.2 Å². The maximum atomic E-state index is 11.5.